The summed E-state index contributed by atoms with van der Waals surface area (Å²) in [5.41, 5.74) is 0. The average Bonchev–Trinajstić information content (AvgIpc) is 2.06. The number of aliphatic carboxylic acids is 1. The maximum atomic E-state index is 10.5. The van der Waals surface area contributed by atoms with E-state index < -0.39 is 12.1 Å². The molecule has 0 saturated carbocycles. The predicted molar refractivity (Wildman–Crippen MR) is 54.7 cm³/mol. The van der Waals surface area contributed by atoms with Crippen LogP contribution in [0.1, 0.15) is 13.8 Å². The van der Waals surface area contributed by atoms with E-state index in [2.05, 4.69) is 0 Å². The first-order valence-electron chi connectivity index (χ1n) is 5.24. The van der Waals surface area contributed by atoms with E-state index in [-0.39, 0.29) is 12.0 Å². The third kappa shape index (κ3) is 4.15. The van der Waals surface area contributed by atoms with E-state index in [9.17, 15) is 9.90 Å². The van der Waals surface area contributed by atoms with E-state index in [0.29, 0.717) is 26.2 Å². The highest BCUT2D eigenvalue weighted by molar-refractivity contribution is 5.71. The van der Waals surface area contributed by atoms with E-state index in [1.165, 1.54) is 0 Å². The van der Waals surface area contributed by atoms with Crippen molar-refractivity contribution in [3.8, 4) is 0 Å². The number of rotatable bonds is 6. The molecule has 0 bridgehead atoms. The van der Waals surface area contributed by atoms with Crippen LogP contribution < -0.4 is 0 Å². The van der Waals surface area contributed by atoms with E-state index in [1.54, 1.807) is 0 Å². The van der Waals surface area contributed by atoms with Gasteiger partial charge in [-0.3, -0.25) is 9.69 Å². The van der Waals surface area contributed by atoms with Gasteiger partial charge in [-0.2, -0.15) is 0 Å². The molecule has 5 heteroatoms. The summed E-state index contributed by atoms with van der Waals surface area (Å²) in [6, 6.07) is 0. The Labute approximate surface area is 89.6 Å². The molecule has 0 aromatic rings. The van der Waals surface area contributed by atoms with Crippen molar-refractivity contribution < 1.29 is 19.7 Å². The number of hydrogen-bond acceptors (Lipinski definition) is 4. The van der Waals surface area contributed by atoms with Gasteiger partial charge in [-0.1, -0.05) is 0 Å². The summed E-state index contributed by atoms with van der Waals surface area (Å²) in [5, 5.41) is 18.2. The number of ether oxygens (including phenoxy) is 1. The lowest BCUT2D eigenvalue weighted by atomic mass is 10.0. The fraction of sp³-hybridized carbons (Fsp3) is 0.900. The van der Waals surface area contributed by atoms with Gasteiger partial charge in [0.05, 0.1) is 24.7 Å². The van der Waals surface area contributed by atoms with Crippen LogP contribution in [0.4, 0.5) is 0 Å². The van der Waals surface area contributed by atoms with Crippen LogP contribution in [0, 0.1) is 5.92 Å². The average molecular weight is 217 g/mol. The van der Waals surface area contributed by atoms with Gasteiger partial charge in [0, 0.05) is 19.6 Å². The van der Waals surface area contributed by atoms with Gasteiger partial charge >= 0.3 is 5.97 Å². The molecule has 15 heavy (non-hydrogen) atoms. The quantitative estimate of drug-likeness (QED) is 0.644. The zero-order chi connectivity index (χ0) is 11.4. The van der Waals surface area contributed by atoms with Crippen LogP contribution in [0.25, 0.3) is 0 Å². The predicted octanol–water partition coefficient (Wildman–Crippen LogP) is -0.211. The third-order valence-corrected chi connectivity index (χ3v) is 2.40. The lowest BCUT2D eigenvalue weighted by Crippen LogP contribution is -2.53. The van der Waals surface area contributed by atoms with Gasteiger partial charge < -0.3 is 14.9 Å². The Morgan fingerprint density at radius 1 is 1.53 bits per heavy atom. The van der Waals surface area contributed by atoms with Crippen LogP contribution in [0.5, 0.6) is 0 Å². The fourth-order valence-electron chi connectivity index (χ4n) is 1.53. The Kier molecular flexibility index (Phi) is 4.50. The SMILES string of the molecule is CC(C)OCC(O)CN1CC(C(=O)O)C1. The van der Waals surface area contributed by atoms with E-state index in [4.69, 9.17) is 9.84 Å². The van der Waals surface area contributed by atoms with Crippen molar-refractivity contribution >= 4 is 5.97 Å². The van der Waals surface area contributed by atoms with Crippen molar-refractivity contribution in [3.63, 3.8) is 0 Å². The second-order valence-corrected chi connectivity index (χ2v) is 4.29. The summed E-state index contributed by atoms with van der Waals surface area (Å²) < 4.78 is 5.25. The maximum absolute atomic E-state index is 10.5. The molecule has 0 aromatic carbocycles. The maximum Gasteiger partial charge on any atom is 0.309 e. The Balaban J connectivity index is 2.08. The van der Waals surface area contributed by atoms with Crippen LogP contribution in [0.15, 0.2) is 0 Å². The molecule has 2 N–H and O–H groups in total. The molecule has 88 valence electrons. The third-order valence-electron chi connectivity index (χ3n) is 2.40. The summed E-state index contributed by atoms with van der Waals surface area (Å²) in [6.45, 7) is 5.71. The summed E-state index contributed by atoms with van der Waals surface area (Å²) in [6.07, 6.45) is -0.412. The molecule has 0 radical (unpaired) electrons. The van der Waals surface area contributed by atoms with Crippen LogP contribution >= 0.6 is 0 Å². The Hall–Kier alpha value is -0.650. The molecule has 0 spiro atoms. The lowest BCUT2D eigenvalue weighted by Gasteiger charge is -2.37. The minimum atomic E-state index is -0.751. The van der Waals surface area contributed by atoms with Crippen LogP contribution in [0.2, 0.25) is 0 Å². The van der Waals surface area contributed by atoms with Gasteiger partial charge in [0.2, 0.25) is 0 Å². The summed E-state index contributed by atoms with van der Waals surface area (Å²) in [5.74, 6) is -1.01. The van der Waals surface area contributed by atoms with Gasteiger partial charge in [0.25, 0.3) is 0 Å². The summed E-state index contributed by atoms with van der Waals surface area (Å²) >= 11 is 0. The number of carboxylic acid groups (broad SMARTS) is 1. The van der Waals surface area contributed by atoms with Gasteiger partial charge in [0.1, 0.15) is 0 Å². The van der Waals surface area contributed by atoms with Crippen LogP contribution in [-0.2, 0) is 9.53 Å². The first-order valence-corrected chi connectivity index (χ1v) is 5.24. The van der Waals surface area contributed by atoms with Gasteiger partial charge in [-0.25, -0.2) is 0 Å². The number of nitrogens with zero attached hydrogens (tertiary/aromatic N) is 1. The minimum absolute atomic E-state index is 0.114. The lowest BCUT2D eigenvalue weighted by molar-refractivity contribution is -0.148. The van der Waals surface area contributed by atoms with Crippen molar-refractivity contribution in [1.82, 2.24) is 4.90 Å². The molecule has 0 aliphatic carbocycles. The monoisotopic (exact) mass is 217 g/mol. The number of likely N-dealkylation sites (tertiary alicyclic amines) is 1. The number of carboxylic acids is 1. The van der Waals surface area contributed by atoms with Crippen molar-refractivity contribution in [1.29, 1.82) is 0 Å². The minimum Gasteiger partial charge on any atom is -0.481 e. The molecule has 1 atom stereocenters. The zero-order valence-corrected chi connectivity index (χ0v) is 9.22. The molecule has 1 aliphatic rings. The van der Waals surface area contributed by atoms with Crippen LogP contribution in [-0.4, -0.2) is 59.5 Å². The molecular formula is C10H19NO4. The van der Waals surface area contributed by atoms with Crippen molar-refractivity contribution in [2.45, 2.75) is 26.1 Å². The summed E-state index contributed by atoms with van der Waals surface area (Å²) in [7, 11) is 0. The second-order valence-electron chi connectivity index (χ2n) is 4.29. The highest BCUT2D eigenvalue weighted by Gasteiger charge is 2.33. The number of aliphatic hydroxyl groups is 1. The van der Waals surface area contributed by atoms with Crippen molar-refractivity contribution in [2.75, 3.05) is 26.2 Å². The molecule has 1 aliphatic heterocycles. The Morgan fingerprint density at radius 3 is 2.60 bits per heavy atom. The van der Waals surface area contributed by atoms with Crippen molar-refractivity contribution in [2.24, 2.45) is 5.92 Å². The molecule has 0 amide bonds. The van der Waals surface area contributed by atoms with E-state index in [1.807, 2.05) is 18.7 Å². The molecule has 1 unspecified atom stereocenters. The normalized spacial score (nSPS) is 20.3. The van der Waals surface area contributed by atoms with E-state index in [0.717, 1.165) is 0 Å². The molecule has 0 aromatic heterocycles. The number of hydrogen-bond donors (Lipinski definition) is 2. The molecule has 1 saturated heterocycles. The highest BCUT2D eigenvalue weighted by Crippen LogP contribution is 2.15. The molecule has 5 nitrogen and oxygen atoms in total. The van der Waals surface area contributed by atoms with E-state index >= 15 is 0 Å². The highest BCUT2D eigenvalue weighted by atomic mass is 16.5. The van der Waals surface area contributed by atoms with Gasteiger partial charge in [-0.15, -0.1) is 0 Å². The smallest absolute Gasteiger partial charge is 0.309 e. The number of carbonyl (C=O) groups is 1. The largest absolute Gasteiger partial charge is 0.481 e. The topological polar surface area (TPSA) is 70.0 Å². The van der Waals surface area contributed by atoms with Crippen LogP contribution in [0.3, 0.4) is 0 Å². The Bertz CT molecular complexity index is 213. The molecular weight excluding hydrogens is 198 g/mol. The molecule has 1 heterocycles. The van der Waals surface area contributed by atoms with Gasteiger partial charge in [-0.05, 0) is 13.8 Å². The second kappa shape index (κ2) is 5.44. The van der Waals surface area contributed by atoms with Gasteiger partial charge in [0.15, 0.2) is 0 Å². The fourth-order valence-corrected chi connectivity index (χ4v) is 1.53. The molecule has 1 rings (SSSR count). The molecule has 1 fully saturated rings. The number of aliphatic hydroxyl groups excluding tert-OH is 1. The summed E-state index contributed by atoms with van der Waals surface area (Å²) in [4.78, 5) is 12.4. The first kappa shape index (κ1) is 12.4. The first-order chi connectivity index (χ1) is 6.99. The van der Waals surface area contributed by atoms with Crippen molar-refractivity contribution in [3.05, 3.63) is 0 Å². The number of β-amino-alcohol motifs (C(OH)–C–C–N with tert-alkyl or cyclic N) is 1. The Morgan fingerprint density at radius 2 is 2.13 bits per heavy atom. The zero-order valence-electron chi connectivity index (χ0n) is 9.22. The standard InChI is InChI=1S/C10H19NO4/c1-7(2)15-6-9(12)5-11-3-8(4-11)10(13)14/h7-9,12H,3-6H2,1-2H3,(H,13,14).